The summed E-state index contributed by atoms with van der Waals surface area (Å²) in [7, 11) is 0. The van der Waals surface area contributed by atoms with E-state index in [2.05, 4.69) is 17.1 Å². The number of carbonyl (C=O) groups is 1. The second-order valence-corrected chi connectivity index (χ2v) is 4.50. The Bertz CT molecular complexity index is 565. The summed E-state index contributed by atoms with van der Waals surface area (Å²) in [5.74, 6) is 0.226. The van der Waals surface area contributed by atoms with Gasteiger partial charge in [-0.25, -0.2) is 0 Å². The first-order valence-corrected chi connectivity index (χ1v) is 5.95. The van der Waals surface area contributed by atoms with Gasteiger partial charge in [-0.1, -0.05) is 6.92 Å². The van der Waals surface area contributed by atoms with Crippen LogP contribution in [-0.2, 0) is 12.8 Å². The van der Waals surface area contributed by atoms with Crippen molar-refractivity contribution in [1.29, 1.82) is 0 Å². The molecule has 0 saturated heterocycles. The molecule has 1 aliphatic carbocycles. The van der Waals surface area contributed by atoms with Crippen LogP contribution in [0.25, 0.3) is 10.9 Å². The molecule has 0 aliphatic heterocycles. The first kappa shape index (κ1) is 9.64. The van der Waals surface area contributed by atoms with Crippen LogP contribution in [0.1, 0.15) is 41.3 Å². The topological polar surface area (TPSA) is 32.9 Å². The van der Waals surface area contributed by atoms with Crippen LogP contribution in [0, 0.1) is 0 Å². The number of nitrogens with one attached hydrogen (secondary N) is 1. The Balaban J connectivity index is 2.23. The molecule has 0 atom stereocenters. The Morgan fingerprint density at radius 1 is 1.31 bits per heavy atom. The highest BCUT2D eigenvalue weighted by molar-refractivity contribution is 6.08. The number of fused-ring (bicyclic) bond motifs is 2. The molecule has 0 fully saturated rings. The van der Waals surface area contributed by atoms with Gasteiger partial charge in [-0.05, 0) is 42.5 Å². The second-order valence-electron chi connectivity index (χ2n) is 4.50. The van der Waals surface area contributed by atoms with Crippen molar-refractivity contribution in [3.05, 3.63) is 35.0 Å². The third-order valence-corrected chi connectivity index (χ3v) is 3.52. The molecule has 0 saturated carbocycles. The predicted octanol–water partition coefficient (Wildman–Crippen LogP) is 3.25. The minimum absolute atomic E-state index is 0.226. The number of aromatic amines is 1. The van der Waals surface area contributed by atoms with E-state index in [0.717, 1.165) is 22.9 Å². The number of aromatic nitrogens is 1. The van der Waals surface area contributed by atoms with Crippen LogP contribution in [-0.4, -0.2) is 10.8 Å². The molecule has 0 radical (unpaired) electrons. The quantitative estimate of drug-likeness (QED) is 0.763. The van der Waals surface area contributed by atoms with Crippen LogP contribution in [0.5, 0.6) is 0 Å². The van der Waals surface area contributed by atoms with Crippen molar-refractivity contribution in [2.45, 2.75) is 32.6 Å². The van der Waals surface area contributed by atoms with Gasteiger partial charge in [0.2, 0.25) is 0 Å². The van der Waals surface area contributed by atoms with Crippen molar-refractivity contribution in [1.82, 2.24) is 4.98 Å². The van der Waals surface area contributed by atoms with Crippen molar-refractivity contribution in [2.24, 2.45) is 0 Å². The van der Waals surface area contributed by atoms with Crippen LogP contribution in [0.15, 0.2) is 18.3 Å². The summed E-state index contributed by atoms with van der Waals surface area (Å²) in [6, 6.07) is 4.42. The number of H-pyrrole nitrogens is 1. The zero-order valence-corrected chi connectivity index (χ0v) is 9.47. The smallest absolute Gasteiger partial charge is 0.164 e. The first-order chi connectivity index (χ1) is 7.79. The molecule has 1 N–H and O–H groups in total. The molecule has 1 heterocycles. The van der Waals surface area contributed by atoms with E-state index in [4.69, 9.17) is 0 Å². The highest BCUT2D eigenvalue weighted by atomic mass is 16.1. The minimum atomic E-state index is 0.226. The van der Waals surface area contributed by atoms with Gasteiger partial charge < -0.3 is 4.98 Å². The molecule has 1 aliphatic rings. The maximum absolute atomic E-state index is 11.8. The molecular formula is C14H15NO. The van der Waals surface area contributed by atoms with E-state index in [1.165, 1.54) is 24.0 Å². The first-order valence-electron chi connectivity index (χ1n) is 5.95. The maximum Gasteiger partial charge on any atom is 0.164 e. The molecule has 2 heteroatoms. The summed E-state index contributed by atoms with van der Waals surface area (Å²) >= 11 is 0. The van der Waals surface area contributed by atoms with E-state index in [-0.39, 0.29) is 5.78 Å². The Hall–Kier alpha value is -1.57. The SMILES string of the molecule is CCC(=O)c1c[nH]c2cc3c(cc12)CCC3. The Morgan fingerprint density at radius 3 is 2.81 bits per heavy atom. The lowest BCUT2D eigenvalue weighted by molar-refractivity contribution is 0.0990. The molecular weight excluding hydrogens is 198 g/mol. The van der Waals surface area contributed by atoms with E-state index >= 15 is 0 Å². The number of benzene rings is 1. The lowest BCUT2D eigenvalue weighted by atomic mass is 10.0. The lowest BCUT2D eigenvalue weighted by Gasteiger charge is -2.01. The van der Waals surface area contributed by atoms with Crippen LogP contribution in [0.4, 0.5) is 0 Å². The highest BCUT2D eigenvalue weighted by Crippen LogP contribution is 2.29. The number of hydrogen-bond acceptors (Lipinski definition) is 1. The Morgan fingerprint density at radius 2 is 2.06 bits per heavy atom. The van der Waals surface area contributed by atoms with Crippen LogP contribution < -0.4 is 0 Å². The summed E-state index contributed by atoms with van der Waals surface area (Å²) in [6.45, 7) is 1.91. The van der Waals surface area contributed by atoms with Gasteiger partial charge in [-0.15, -0.1) is 0 Å². The minimum Gasteiger partial charge on any atom is -0.360 e. The zero-order valence-electron chi connectivity index (χ0n) is 9.47. The van der Waals surface area contributed by atoms with Gasteiger partial charge in [0.25, 0.3) is 0 Å². The van der Waals surface area contributed by atoms with Crippen molar-refractivity contribution < 1.29 is 4.79 Å². The molecule has 1 aromatic carbocycles. The number of ketones is 1. The largest absolute Gasteiger partial charge is 0.360 e. The molecule has 16 heavy (non-hydrogen) atoms. The van der Waals surface area contributed by atoms with E-state index in [1.807, 2.05) is 13.1 Å². The molecule has 3 rings (SSSR count). The van der Waals surface area contributed by atoms with Gasteiger partial charge in [-0.2, -0.15) is 0 Å². The van der Waals surface area contributed by atoms with E-state index in [9.17, 15) is 4.79 Å². The summed E-state index contributed by atoms with van der Waals surface area (Å²) in [4.78, 5) is 15.0. The molecule has 2 aromatic rings. The third-order valence-electron chi connectivity index (χ3n) is 3.52. The number of hydrogen-bond donors (Lipinski definition) is 1. The van der Waals surface area contributed by atoms with Crippen molar-refractivity contribution in [3.8, 4) is 0 Å². The van der Waals surface area contributed by atoms with E-state index in [0.29, 0.717) is 6.42 Å². The molecule has 0 spiro atoms. The van der Waals surface area contributed by atoms with Crippen LogP contribution in [0.3, 0.4) is 0 Å². The highest BCUT2D eigenvalue weighted by Gasteiger charge is 2.16. The average Bonchev–Trinajstić information content (AvgIpc) is 2.90. The number of carbonyl (C=O) groups excluding carboxylic acids is 1. The monoisotopic (exact) mass is 213 g/mol. The zero-order chi connectivity index (χ0) is 11.1. The predicted molar refractivity (Wildman–Crippen MR) is 64.9 cm³/mol. The number of Topliss-reactive ketones (excluding diaryl/α,β-unsaturated/α-hetero) is 1. The number of rotatable bonds is 2. The van der Waals surface area contributed by atoms with Crippen molar-refractivity contribution in [3.63, 3.8) is 0 Å². The van der Waals surface area contributed by atoms with Gasteiger partial charge >= 0.3 is 0 Å². The standard InChI is InChI=1S/C14H15NO/c1-2-14(16)12-8-15-13-7-10-5-3-4-9(10)6-11(12)13/h6-8,15H,2-5H2,1H3. The van der Waals surface area contributed by atoms with E-state index < -0.39 is 0 Å². The summed E-state index contributed by atoms with van der Waals surface area (Å²) in [5, 5.41) is 1.10. The Labute approximate surface area is 94.7 Å². The van der Waals surface area contributed by atoms with Gasteiger partial charge in [0.1, 0.15) is 0 Å². The molecule has 82 valence electrons. The maximum atomic E-state index is 11.8. The van der Waals surface area contributed by atoms with Crippen LogP contribution in [0.2, 0.25) is 0 Å². The van der Waals surface area contributed by atoms with E-state index in [1.54, 1.807) is 0 Å². The third kappa shape index (κ3) is 1.29. The van der Waals surface area contributed by atoms with Crippen LogP contribution >= 0.6 is 0 Å². The molecule has 0 unspecified atom stereocenters. The fourth-order valence-electron chi connectivity index (χ4n) is 2.62. The fourth-order valence-corrected chi connectivity index (χ4v) is 2.62. The normalized spacial score (nSPS) is 14.3. The van der Waals surface area contributed by atoms with Gasteiger partial charge in [0.15, 0.2) is 5.78 Å². The Kier molecular flexibility index (Phi) is 2.10. The number of aryl methyl sites for hydroxylation is 2. The van der Waals surface area contributed by atoms with Gasteiger partial charge in [0.05, 0.1) is 0 Å². The average molecular weight is 213 g/mol. The lowest BCUT2D eigenvalue weighted by Crippen LogP contribution is -1.94. The molecule has 0 amide bonds. The van der Waals surface area contributed by atoms with Crippen molar-refractivity contribution in [2.75, 3.05) is 0 Å². The van der Waals surface area contributed by atoms with Gasteiger partial charge in [-0.3, -0.25) is 4.79 Å². The second kappa shape index (κ2) is 3.48. The summed E-state index contributed by atoms with van der Waals surface area (Å²) in [6.07, 6.45) is 6.02. The summed E-state index contributed by atoms with van der Waals surface area (Å²) in [5.41, 5.74) is 4.84. The summed E-state index contributed by atoms with van der Waals surface area (Å²) < 4.78 is 0. The fraction of sp³-hybridized carbons (Fsp3) is 0.357. The van der Waals surface area contributed by atoms with Crippen molar-refractivity contribution >= 4 is 16.7 Å². The molecule has 0 bridgehead atoms. The van der Waals surface area contributed by atoms with Gasteiger partial charge in [0, 0.05) is 29.1 Å². The molecule has 2 nitrogen and oxygen atoms in total. The molecule has 1 aromatic heterocycles.